The number of carbonyl (C=O) groups is 1. The van der Waals surface area contributed by atoms with Crippen LogP contribution in [0.15, 0.2) is 24.3 Å². The minimum Gasteiger partial charge on any atom is -0.481 e. The maximum Gasteiger partial charge on any atom is 0.307 e. The van der Waals surface area contributed by atoms with Crippen LogP contribution in [0.4, 0.5) is 0 Å². The number of rotatable bonds is 5. The lowest BCUT2D eigenvalue weighted by molar-refractivity contribution is -0.136. The predicted molar refractivity (Wildman–Crippen MR) is 75.1 cm³/mol. The Hall–Kier alpha value is -1.39. The third kappa shape index (κ3) is 4.04. The molecule has 1 aromatic carbocycles. The van der Waals surface area contributed by atoms with Gasteiger partial charge in [-0.05, 0) is 44.1 Å². The highest BCUT2D eigenvalue weighted by Gasteiger charge is 2.18. The average Bonchev–Trinajstić information content (AvgIpc) is 2.41. The molecule has 0 saturated carbocycles. The van der Waals surface area contributed by atoms with Crippen molar-refractivity contribution in [1.29, 1.82) is 0 Å². The van der Waals surface area contributed by atoms with Gasteiger partial charge in [0.15, 0.2) is 0 Å². The summed E-state index contributed by atoms with van der Waals surface area (Å²) < 4.78 is 0. The molecule has 104 valence electrons. The molecule has 0 amide bonds. The standard InChI is InChI=1S/C15H22N2O2/c1-17(14-6-8-16-9-7-14)11-13-5-3-2-4-12(13)10-15(18)19/h2-5,14,16H,6-11H2,1H3,(H,18,19). The van der Waals surface area contributed by atoms with Crippen LogP contribution in [-0.2, 0) is 17.8 Å². The Morgan fingerprint density at radius 2 is 1.95 bits per heavy atom. The van der Waals surface area contributed by atoms with Crippen LogP contribution in [0.5, 0.6) is 0 Å². The number of benzene rings is 1. The lowest BCUT2D eigenvalue weighted by Gasteiger charge is -2.32. The topological polar surface area (TPSA) is 52.6 Å². The van der Waals surface area contributed by atoms with E-state index >= 15 is 0 Å². The average molecular weight is 262 g/mol. The molecule has 0 bridgehead atoms. The van der Waals surface area contributed by atoms with E-state index in [-0.39, 0.29) is 6.42 Å². The summed E-state index contributed by atoms with van der Waals surface area (Å²) in [5.41, 5.74) is 2.06. The van der Waals surface area contributed by atoms with Gasteiger partial charge >= 0.3 is 5.97 Å². The molecular weight excluding hydrogens is 240 g/mol. The van der Waals surface area contributed by atoms with Crippen LogP contribution in [0.25, 0.3) is 0 Å². The molecule has 0 aromatic heterocycles. The Balaban J connectivity index is 2.02. The first kappa shape index (κ1) is 14.0. The van der Waals surface area contributed by atoms with Gasteiger partial charge < -0.3 is 10.4 Å². The first-order chi connectivity index (χ1) is 9.16. The fourth-order valence-corrected chi connectivity index (χ4v) is 2.69. The Kier molecular flexibility index (Phi) is 4.93. The van der Waals surface area contributed by atoms with Crippen molar-refractivity contribution < 1.29 is 9.90 Å². The predicted octanol–water partition coefficient (Wildman–Crippen LogP) is 1.50. The van der Waals surface area contributed by atoms with Crippen LogP contribution in [0.2, 0.25) is 0 Å². The Morgan fingerprint density at radius 3 is 2.58 bits per heavy atom. The quantitative estimate of drug-likeness (QED) is 0.844. The van der Waals surface area contributed by atoms with E-state index in [9.17, 15) is 4.79 Å². The second-order valence-corrected chi connectivity index (χ2v) is 5.24. The molecule has 0 radical (unpaired) electrons. The van der Waals surface area contributed by atoms with Gasteiger partial charge in [0, 0.05) is 12.6 Å². The summed E-state index contributed by atoms with van der Waals surface area (Å²) in [6.45, 7) is 2.98. The molecule has 1 aliphatic heterocycles. The number of piperidine rings is 1. The molecule has 1 fully saturated rings. The van der Waals surface area contributed by atoms with Gasteiger partial charge in [-0.3, -0.25) is 9.69 Å². The zero-order valence-electron chi connectivity index (χ0n) is 11.4. The smallest absolute Gasteiger partial charge is 0.307 e. The van der Waals surface area contributed by atoms with Gasteiger partial charge in [-0.15, -0.1) is 0 Å². The van der Waals surface area contributed by atoms with E-state index in [0.29, 0.717) is 6.04 Å². The minimum absolute atomic E-state index is 0.107. The van der Waals surface area contributed by atoms with Crippen LogP contribution in [0, 0.1) is 0 Å². The highest BCUT2D eigenvalue weighted by molar-refractivity contribution is 5.70. The van der Waals surface area contributed by atoms with Crippen LogP contribution in [0.1, 0.15) is 24.0 Å². The molecule has 4 heteroatoms. The zero-order chi connectivity index (χ0) is 13.7. The summed E-state index contributed by atoms with van der Waals surface area (Å²) in [6.07, 6.45) is 2.44. The van der Waals surface area contributed by atoms with Gasteiger partial charge in [0.25, 0.3) is 0 Å². The fraction of sp³-hybridized carbons (Fsp3) is 0.533. The summed E-state index contributed by atoms with van der Waals surface area (Å²) in [6, 6.07) is 8.44. The molecule has 1 aliphatic rings. The third-order valence-electron chi connectivity index (χ3n) is 3.81. The van der Waals surface area contributed by atoms with Gasteiger partial charge in [-0.2, -0.15) is 0 Å². The van der Waals surface area contributed by atoms with Crippen molar-refractivity contribution in [3.8, 4) is 0 Å². The number of carboxylic acids is 1. The van der Waals surface area contributed by atoms with E-state index in [0.717, 1.165) is 43.6 Å². The van der Waals surface area contributed by atoms with Crippen molar-refractivity contribution in [2.45, 2.75) is 31.8 Å². The molecule has 1 heterocycles. The number of nitrogens with zero attached hydrogens (tertiary/aromatic N) is 1. The van der Waals surface area contributed by atoms with Crippen molar-refractivity contribution in [3.63, 3.8) is 0 Å². The Labute approximate surface area is 114 Å². The molecule has 0 aliphatic carbocycles. The van der Waals surface area contributed by atoms with Crippen molar-refractivity contribution in [3.05, 3.63) is 35.4 Å². The summed E-state index contributed by atoms with van der Waals surface area (Å²) in [4.78, 5) is 13.2. The normalized spacial score (nSPS) is 16.7. The van der Waals surface area contributed by atoms with Crippen molar-refractivity contribution in [2.75, 3.05) is 20.1 Å². The summed E-state index contributed by atoms with van der Waals surface area (Å²) >= 11 is 0. The van der Waals surface area contributed by atoms with E-state index in [1.54, 1.807) is 0 Å². The van der Waals surface area contributed by atoms with Gasteiger partial charge in [0.05, 0.1) is 6.42 Å². The maximum absolute atomic E-state index is 10.9. The van der Waals surface area contributed by atoms with Crippen LogP contribution >= 0.6 is 0 Å². The molecule has 0 spiro atoms. The summed E-state index contributed by atoms with van der Waals surface area (Å²) in [5.74, 6) is -0.767. The summed E-state index contributed by atoms with van der Waals surface area (Å²) in [5, 5.41) is 12.3. The molecule has 1 aromatic rings. The summed E-state index contributed by atoms with van der Waals surface area (Å²) in [7, 11) is 2.13. The van der Waals surface area contributed by atoms with Crippen LogP contribution in [0.3, 0.4) is 0 Å². The van der Waals surface area contributed by atoms with Crippen LogP contribution < -0.4 is 5.32 Å². The molecular formula is C15H22N2O2. The SMILES string of the molecule is CN(Cc1ccccc1CC(=O)O)C1CCNCC1. The van der Waals surface area contributed by atoms with Crippen LogP contribution in [-0.4, -0.2) is 42.2 Å². The van der Waals surface area contributed by atoms with E-state index in [1.807, 2.05) is 24.3 Å². The first-order valence-corrected chi connectivity index (χ1v) is 6.86. The Morgan fingerprint density at radius 1 is 1.32 bits per heavy atom. The second kappa shape index (κ2) is 6.68. The van der Waals surface area contributed by atoms with Gasteiger partial charge in [0.1, 0.15) is 0 Å². The molecule has 1 saturated heterocycles. The molecule has 4 nitrogen and oxygen atoms in total. The van der Waals surface area contributed by atoms with Crippen molar-refractivity contribution >= 4 is 5.97 Å². The van der Waals surface area contributed by atoms with Gasteiger partial charge in [-0.25, -0.2) is 0 Å². The largest absolute Gasteiger partial charge is 0.481 e. The zero-order valence-corrected chi connectivity index (χ0v) is 11.4. The monoisotopic (exact) mass is 262 g/mol. The van der Waals surface area contributed by atoms with E-state index in [2.05, 4.69) is 17.3 Å². The first-order valence-electron chi connectivity index (χ1n) is 6.86. The molecule has 2 N–H and O–H groups in total. The highest BCUT2D eigenvalue weighted by atomic mass is 16.4. The van der Waals surface area contributed by atoms with E-state index in [4.69, 9.17) is 5.11 Å². The Bertz CT molecular complexity index is 428. The molecule has 2 rings (SSSR count). The number of nitrogens with one attached hydrogen (secondary N) is 1. The van der Waals surface area contributed by atoms with Crippen molar-refractivity contribution in [2.24, 2.45) is 0 Å². The van der Waals surface area contributed by atoms with Crippen molar-refractivity contribution in [1.82, 2.24) is 10.2 Å². The fourth-order valence-electron chi connectivity index (χ4n) is 2.69. The number of aliphatic carboxylic acids is 1. The number of hydrogen-bond donors (Lipinski definition) is 2. The number of hydrogen-bond acceptors (Lipinski definition) is 3. The van der Waals surface area contributed by atoms with E-state index < -0.39 is 5.97 Å². The third-order valence-corrected chi connectivity index (χ3v) is 3.81. The molecule has 0 unspecified atom stereocenters. The lowest BCUT2D eigenvalue weighted by Crippen LogP contribution is -2.40. The van der Waals surface area contributed by atoms with Gasteiger partial charge in [0.2, 0.25) is 0 Å². The second-order valence-electron chi connectivity index (χ2n) is 5.24. The highest BCUT2D eigenvalue weighted by Crippen LogP contribution is 2.16. The maximum atomic E-state index is 10.9. The molecule has 0 atom stereocenters. The molecule has 19 heavy (non-hydrogen) atoms. The number of carboxylic acid groups (broad SMARTS) is 1. The lowest BCUT2D eigenvalue weighted by atomic mass is 10.0. The van der Waals surface area contributed by atoms with E-state index in [1.165, 1.54) is 0 Å². The minimum atomic E-state index is -0.767. The van der Waals surface area contributed by atoms with Gasteiger partial charge in [-0.1, -0.05) is 24.3 Å².